The summed E-state index contributed by atoms with van der Waals surface area (Å²) in [4.78, 5) is 17.2. The van der Waals surface area contributed by atoms with Crippen molar-refractivity contribution in [1.82, 2.24) is 9.80 Å². The van der Waals surface area contributed by atoms with Gasteiger partial charge in [0.25, 0.3) is 5.91 Å². The molecule has 2 saturated heterocycles. The summed E-state index contributed by atoms with van der Waals surface area (Å²) in [5.74, 6) is 0.180. The zero-order valence-electron chi connectivity index (χ0n) is 12.4. The van der Waals surface area contributed by atoms with E-state index in [1.807, 2.05) is 29.2 Å². The second kappa shape index (κ2) is 6.93. The van der Waals surface area contributed by atoms with Gasteiger partial charge < -0.3 is 4.90 Å². The summed E-state index contributed by atoms with van der Waals surface area (Å²) >= 11 is 3.42. The summed E-state index contributed by atoms with van der Waals surface area (Å²) in [7, 11) is 0. The van der Waals surface area contributed by atoms with E-state index >= 15 is 0 Å². The molecule has 0 saturated carbocycles. The number of likely N-dealkylation sites (tertiary alicyclic amines) is 2. The first-order valence-electron chi connectivity index (χ1n) is 8.03. The van der Waals surface area contributed by atoms with E-state index in [1.165, 1.54) is 38.8 Å². The molecule has 1 amide bonds. The third-order valence-electron chi connectivity index (χ3n) is 4.70. The molecule has 2 fully saturated rings. The SMILES string of the molecule is O=C(c1ccc(Br)cc1)N1CC[C@H](N2CCCCCC2)C1. The molecule has 4 heteroatoms. The largest absolute Gasteiger partial charge is 0.337 e. The average molecular weight is 351 g/mol. The first-order valence-corrected chi connectivity index (χ1v) is 8.82. The van der Waals surface area contributed by atoms with Crippen LogP contribution in [0.2, 0.25) is 0 Å². The molecule has 0 radical (unpaired) electrons. The van der Waals surface area contributed by atoms with Crippen LogP contribution in [-0.2, 0) is 0 Å². The zero-order valence-corrected chi connectivity index (χ0v) is 14.0. The van der Waals surface area contributed by atoms with Crippen LogP contribution in [0.3, 0.4) is 0 Å². The van der Waals surface area contributed by atoms with Crippen molar-refractivity contribution in [2.24, 2.45) is 0 Å². The average Bonchev–Trinajstić information content (AvgIpc) is 2.83. The molecular formula is C17H23BrN2O. The predicted octanol–water partition coefficient (Wildman–Crippen LogP) is 3.54. The van der Waals surface area contributed by atoms with Crippen LogP contribution < -0.4 is 0 Å². The Labute approximate surface area is 135 Å². The molecule has 0 aromatic heterocycles. The fourth-order valence-electron chi connectivity index (χ4n) is 3.46. The minimum absolute atomic E-state index is 0.180. The quantitative estimate of drug-likeness (QED) is 0.814. The summed E-state index contributed by atoms with van der Waals surface area (Å²) in [6.45, 7) is 4.22. The van der Waals surface area contributed by atoms with Gasteiger partial charge in [0.15, 0.2) is 0 Å². The van der Waals surface area contributed by atoms with E-state index in [4.69, 9.17) is 0 Å². The lowest BCUT2D eigenvalue weighted by atomic mass is 10.2. The first kappa shape index (κ1) is 15.0. The molecule has 1 aromatic carbocycles. The topological polar surface area (TPSA) is 23.6 Å². The number of carbonyl (C=O) groups excluding carboxylic acids is 1. The Morgan fingerprint density at radius 3 is 2.33 bits per heavy atom. The fraction of sp³-hybridized carbons (Fsp3) is 0.588. The lowest BCUT2D eigenvalue weighted by Gasteiger charge is -2.27. The summed E-state index contributed by atoms with van der Waals surface area (Å²) in [5, 5.41) is 0. The Balaban J connectivity index is 1.60. The Kier molecular flexibility index (Phi) is 4.96. The highest BCUT2D eigenvalue weighted by Crippen LogP contribution is 2.22. The number of carbonyl (C=O) groups is 1. The lowest BCUT2D eigenvalue weighted by Crippen LogP contribution is -2.39. The maximum Gasteiger partial charge on any atom is 0.253 e. The predicted molar refractivity (Wildman–Crippen MR) is 88.5 cm³/mol. The van der Waals surface area contributed by atoms with Crippen LogP contribution >= 0.6 is 15.9 Å². The molecule has 3 nitrogen and oxygen atoms in total. The Morgan fingerprint density at radius 2 is 1.67 bits per heavy atom. The van der Waals surface area contributed by atoms with Crippen LogP contribution in [0.1, 0.15) is 42.5 Å². The van der Waals surface area contributed by atoms with Gasteiger partial charge in [-0.15, -0.1) is 0 Å². The van der Waals surface area contributed by atoms with Gasteiger partial charge in [0.05, 0.1) is 0 Å². The lowest BCUT2D eigenvalue weighted by molar-refractivity contribution is 0.0777. The first-order chi connectivity index (χ1) is 10.2. The minimum atomic E-state index is 0.180. The van der Waals surface area contributed by atoms with Gasteiger partial charge in [0, 0.05) is 29.2 Å². The van der Waals surface area contributed by atoms with Gasteiger partial charge in [0.1, 0.15) is 0 Å². The normalized spacial score (nSPS) is 24.0. The van der Waals surface area contributed by atoms with Crippen LogP contribution in [0.25, 0.3) is 0 Å². The number of amides is 1. The number of hydrogen-bond acceptors (Lipinski definition) is 2. The van der Waals surface area contributed by atoms with Crippen LogP contribution in [0.5, 0.6) is 0 Å². The third kappa shape index (κ3) is 3.67. The Hall–Kier alpha value is -0.870. The molecule has 0 unspecified atom stereocenters. The molecule has 114 valence electrons. The van der Waals surface area contributed by atoms with Crippen molar-refractivity contribution in [2.75, 3.05) is 26.2 Å². The van der Waals surface area contributed by atoms with Gasteiger partial charge in [-0.25, -0.2) is 0 Å². The van der Waals surface area contributed by atoms with Crippen molar-refractivity contribution in [3.8, 4) is 0 Å². The molecule has 3 rings (SSSR count). The monoisotopic (exact) mass is 350 g/mol. The van der Waals surface area contributed by atoms with Crippen molar-refractivity contribution in [3.05, 3.63) is 34.3 Å². The van der Waals surface area contributed by atoms with Crippen LogP contribution in [0.15, 0.2) is 28.7 Å². The van der Waals surface area contributed by atoms with Gasteiger partial charge in [-0.05, 0) is 56.6 Å². The molecule has 2 heterocycles. The van der Waals surface area contributed by atoms with Crippen molar-refractivity contribution in [2.45, 2.75) is 38.1 Å². The second-order valence-corrected chi connectivity index (χ2v) is 7.07. The maximum absolute atomic E-state index is 12.5. The molecule has 0 spiro atoms. The molecule has 0 aliphatic carbocycles. The van der Waals surface area contributed by atoms with Crippen molar-refractivity contribution in [1.29, 1.82) is 0 Å². The number of halogens is 1. The van der Waals surface area contributed by atoms with E-state index < -0.39 is 0 Å². The summed E-state index contributed by atoms with van der Waals surface area (Å²) in [6.07, 6.45) is 6.49. The van der Waals surface area contributed by atoms with Gasteiger partial charge in [-0.3, -0.25) is 9.69 Å². The smallest absolute Gasteiger partial charge is 0.253 e. The van der Waals surface area contributed by atoms with E-state index in [9.17, 15) is 4.79 Å². The highest BCUT2D eigenvalue weighted by molar-refractivity contribution is 9.10. The molecule has 2 aliphatic heterocycles. The second-order valence-electron chi connectivity index (χ2n) is 6.15. The van der Waals surface area contributed by atoms with E-state index in [-0.39, 0.29) is 5.91 Å². The standard InChI is InChI=1S/C17H23BrN2O/c18-15-7-5-14(6-8-15)17(21)20-12-9-16(13-20)19-10-3-1-2-4-11-19/h5-8,16H,1-4,9-13H2/t16-/m0/s1. The third-order valence-corrected chi connectivity index (χ3v) is 5.23. The zero-order chi connectivity index (χ0) is 14.7. The van der Waals surface area contributed by atoms with Gasteiger partial charge >= 0.3 is 0 Å². The molecule has 2 aliphatic rings. The number of rotatable bonds is 2. The summed E-state index contributed by atoms with van der Waals surface area (Å²) in [6, 6.07) is 8.27. The van der Waals surface area contributed by atoms with Gasteiger partial charge in [0.2, 0.25) is 0 Å². The number of nitrogens with zero attached hydrogens (tertiary/aromatic N) is 2. The molecule has 21 heavy (non-hydrogen) atoms. The fourth-order valence-corrected chi connectivity index (χ4v) is 3.72. The number of benzene rings is 1. The van der Waals surface area contributed by atoms with Crippen molar-refractivity contribution in [3.63, 3.8) is 0 Å². The van der Waals surface area contributed by atoms with Crippen LogP contribution in [0, 0.1) is 0 Å². The number of hydrogen-bond donors (Lipinski definition) is 0. The van der Waals surface area contributed by atoms with E-state index in [0.29, 0.717) is 6.04 Å². The summed E-state index contributed by atoms with van der Waals surface area (Å²) in [5.41, 5.74) is 0.801. The highest BCUT2D eigenvalue weighted by atomic mass is 79.9. The Morgan fingerprint density at radius 1 is 1.00 bits per heavy atom. The molecular weight excluding hydrogens is 328 g/mol. The van der Waals surface area contributed by atoms with Crippen molar-refractivity contribution >= 4 is 21.8 Å². The van der Waals surface area contributed by atoms with Crippen molar-refractivity contribution < 1.29 is 4.79 Å². The van der Waals surface area contributed by atoms with E-state index in [0.717, 1.165) is 29.5 Å². The molecule has 0 bridgehead atoms. The van der Waals surface area contributed by atoms with Gasteiger partial charge in [-0.2, -0.15) is 0 Å². The van der Waals surface area contributed by atoms with Crippen LogP contribution in [-0.4, -0.2) is 47.9 Å². The van der Waals surface area contributed by atoms with E-state index in [1.54, 1.807) is 0 Å². The molecule has 0 N–H and O–H groups in total. The maximum atomic E-state index is 12.5. The molecule has 1 aromatic rings. The van der Waals surface area contributed by atoms with Crippen LogP contribution in [0.4, 0.5) is 0 Å². The van der Waals surface area contributed by atoms with Gasteiger partial charge in [-0.1, -0.05) is 28.8 Å². The molecule has 1 atom stereocenters. The Bertz CT molecular complexity index is 480. The highest BCUT2D eigenvalue weighted by Gasteiger charge is 2.30. The van der Waals surface area contributed by atoms with E-state index in [2.05, 4.69) is 20.8 Å². The minimum Gasteiger partial charge on any atom is -0.337 e. The summed E-state index contributed by atoms with van der Waals surface area (Å²) < 4.78 is 1.02.